The summed E-state index contributed by atoms with van der Waals surface area (Å²) in [5.41, 5.74) is -0.374. The highest BCUT2D eigenvalue weighted by molar-refractivity contribution is 7.91. The Morgan fingerprint density at radius 2 is 1.77 bits per heavy atom. The predicted molar refractivity (Wildman–Crippen MR) is 157 cm³/mol. The van der Waals surface area contributed by atoms with Crippen LogP contribution in [0.3, 0.4) is 0 Å². The van der Waals surface area contributed by atoms with Crippen molar-refractivity contribution in [2.75, 3.05) is 0 Å². The highest BCUT2D eigenvalue weighted by atomic mass is 35.5. The van der Waals surface area contributed by atoms with E-state index in [1.165, 1.54) is 12.1 Å². The predicted octanol–water partition coefficient (Wildman–Crippen LogP) is 8.85. The molecule has 43 heavy (non-hydrogen) atoms. The third kappa shape index (κ3) is 7.78. The number of allylic oxidation sites excluding steroid dienone is 1. The number of carbonyl (C=O) groups excluding carboxylic acids is 1. The topological polar surface area (TPSA) is 69.7 Å². The minimum atomic E-state index is -4.74. The van der Waals surface area contributed by atoms with E-state index >= 15 is 0 Å². The van der Waals surface area contributed by atoms with Gasteiger partial charge in [-0.25, -0.2) is 12.8 Å². The molecule has 5 nitrogen and oxygen atoms in total. The maximum Gasteiger partial charge on any atom is 0.416 e. The normalized spacial score (nSPS) is 17.7. The highest BCUT2D eigenvalue weighted by Gasteiger charge is 2.40. The molecule has 0 saturated heterocycles. The standard InChI is InChI=1S/C32H31ClF4O5S/c1-19(30-25(33)9-6-10-26(30)34)15-20-11-13-27-24(16-20)28(18-22(41-27)12-14-29(38)42-31(2,3)4)43(39,40)23-8-5-7-21(17-23)32(35,36)37/h5-11,13,15-17,22,28H,12,14,18H2,1-4H3/b19-15+. The van der Waals surface area contributed by atoms with E-state index < -0.39 is 55.2 Å². The summed E-state index contributed by atoms with van der Waals surface area (Å²) in [7, 11) is -4.37. The summed E-state index contributed by atoms with van der Waals surface area (Å²) in [6.07, 6.45) is -3.86. The van der Waals surface area contributed by atoms with Gasteiger partial charge in [-0.3, -0.25) is 4.79 Å². The Morgan fingerprint density at radius 1 is 1.07 bits per heavy atom. The molecule has 1 aliphatic rings. The number of alkyl halides is 3. The van der Waals surface area contributed by atoms with Crippen LogP contribution in [0, 0.1) is 5.82 Å². The molecule has 1 heterocycles. The van der Waals surface area contributed by atoms with E-state index in [1.807, 2.05) is 0 Å². The van der Waals surface area contributed by atoms with Gasteiger partial charge in [-0.1, -0.05) is 35.9 Å². The summed E-state index contributed by atoms with van der Waals surface area (Å²) in [5, 5.41) is -1.08. The van der Waals surface area contributed by atoms with Gasteiger partial charge in [-0.15, -0.1) is 0 Å². The van der Waals surface area contributed by atoms with Crippen LogP contribution in [0.4, 0.5) is 17.6 Å². The molecule has 230 valence electrons. The number of benzene rings is 3. The molecular formula is C32H31ClF4O5S. The van der Waals surface area contributed by atoms with Crippen molar-refractivity contribution in [3.63, 3.8) is 0 Å². The van der Waals surface area contributed by atoms with Gasteiger partial charge in [0.25, 0.3) is 0 Å². The van der Waals surface area contributed by atoms with Gasteiger partial charge >= 0.3 is 12.1 Å². The molecule has 4 rings (SSSR count). The van der Waals surface area contributed by atoms with E-state index in [0.717, 1.165) is 18.2 Å². The fourth-order valence-electron chi connectivity index (χ4n) is 4.96. The van der Waals surface area contributed by atoms with E-state index in [4.69, 9.17) is 21.1 Å². The van der Waals surface area contributed by atoms with Crippen molar-refractivity contribution >= 4 is 39.1 Å². The zero-order valence-electron chi connectivity index (χ0n) is 24.0. The van der Waals surface area contributed by atoms with Gasteiger partial charge in [0.1, 0.15) is 23.3 Å². The average Bonchev–Trinajstić information content (AvgIpc) is 2.90. The number of fused-ring (bicyclic) bond motifs is 1. The Bertz CT molecular complexity index is 1640. The fraction of sp³-hybridized carbons (Fsp3) is 0.344. The molecule has 0 aliphatic carbocycles. The molecule has 2 unspecified atom stereocenters. The number of sulfone groups is 1. The third-order valence-electron chi connectivity index (χ3n) is 6.85. The molecule has 0 spiro atoms. The molecule has 0 bridgehead atoms. The Hall–Kier alpha value is -3.37. The van der Waals surface area contributed by atoms with Crippen LogP contribution in [0.15, 0.2) is 65.6 Å². The average molecular weight is 639 g/mol. The van der Waals surface area contributed by atoms with Crippen LogP contribution in [0.25, 0.3) is 11.6 Å². The summed E-state index contributed by atoms with van der Waals surface area (Å²) < 4.78 is 94.2. The maximum atomic E-state index is 14.5. The largest absolute Gasteiger partial charge is 0.490 e. The third-order valence-corrected chi connectivity index (χ3v) is 9.27. The van der Waals surface area contributed by atoms with Crippen LogP contribution in [0.1, 0.15) is 74.5 Å². The number of esters is 1. The van der Waals surface area contributed by atoms with Gasteiger partial charge in [0, 0.05) is 24.0 Å². The van der Waals surface area contributed by atoms with Crippen molar-refractivity contribution in [3.8, 4) is 5.75 Å². The lowest BCUT2D eigenvalue weighted by atomic mass is 9.96. The molecule has 0 radical (unpaired) electrons. The number of halogens is 5. The van der Waals surface area contributed by atoms with Crippen LogP contribution in [-0.2, 0) is 25.5 Å². The number of ether oxygens (including phenoxy) is 2. The van der Waals surface area contributed by atoms with Crippen molar-refractivity contribution in [1.82, 2.24) is 0 Å². The first-order valence-corrected chi connectivity index (χ1v) is 15.4. The Kier molecular flexibility index (Phi) is 9.32. The lowest BCUT2D eigenvalue weighted by Crippen LogP contribution is -2.31. The minimum absolute atomic E-state index is 0.0446. The minimum Gasteiger partial charge on any atom is -0.490 e. The van der Waals surface area contributed by atoms with Gasteiger partial charge < -0.3 is 9.47 Å². The Balaban J connectivity index is 1.75. The smallest absolute Gasteiger partial charge is 0.416 e. The summed E-state index contributed by atoms with van der Waals surface area (Å²) in [4.78, 5) is 11.9. The quantitative estimate of drug-likeness (QED) is 0.147. The Morgan fingerprint density at radius 3 is 2.42 bits per heavy atom. The van der Waals surface area contributed by atoms with Crippen molar-refractivity contribution in [2.45, 2.75) is 75.0 Å². The van der Waals surface area contributed by atoms with Crippen molar-refractivity contribution in [1.29, 1.82) is 0 Å². The molecule has 11 heteroatoms. The van der Waals surface area contributed by atoms with Crippen LogP contribution in [0.5, 0.6) is 5.75 Å². The van der Waals surface area contributed by atoms with Crippen molar-refractivity contribution in [2.24, 2.45) is 0 Å². The number of hydrogen-bond acceptors (Lipinski definition) is 5. The zero-order chi connectivity index (χ0) is 31.7. The summed E-state index contributed by atoms with van der Waals surface area (Å²) >= 11 is 6.21. The van der Waals surface area contributed by atoms with Gasteiger partial charge in [-0.2, -0.15) is 13.2 Å². The second-order valence-electron chi connectivity index (χ2n) is 11.4. The molecule has 0 fully saturated rings. The van der Waals surface area contributed by atoms with E-state index in [-0.39, 0.29) is 41.2 Å². The van der Waals surface area contributed by atoms with Gasteiger partial charge in [-0.05, 0) is 87.7 Å². The van der Waals surface area contributed by atoms with Crippen LogP contribution >= 0.6 is 11.6 Å². The van der Waals surface area contributed by atoms with E-state index in [0.29, 0.717) is 17.2 Å². The fourth-order valence-corrected chi connectivity index (χ4v) is 7.15. The van der Waals surface area contributed by atoms with E-state index in [2.05, 4.69) is 0 Å². The van der Waals surface area contributed by atoms with Crippen LogP contribution < -0.4 is 4.74 Å². The van der Waals surface area contributed by atoms with Crippen LogP contribution in [-0.4, -0.2) is 26.1 Å². The molecule has 3 aromatic carbocycles. The van der Waals surface area contributed by atoms with Crippen molar-refractivity contribution < 1.29 is 40.2 Å². The molecule has 1 aliphatic heterocycles. The summed E-state index contributed by atoms with van der Waals surface area (Å²) in [5.74, 6) is -0.790. The van der Waals surface area contributed by atoms with E-state index in [1.54, 1.807) is 58.0 Å². The molecule has 0 amide bonds. The highest BCUT2D eigenvalue weighted by Crippen LogP contribution is 2.45. The first-order valence-electron chi connectivity index (χ1n) is 13.5. The lowest BCUT2D eigenvalue weighted by molar-refractivity contribution is -0.155. The summed E-state index contributed by atoms with van der Waals surface area (Å²) in [6.45, 7) is 6.83. The molecule has 3 aromatic rings. The SMILES string of the molecule is C/C(=C\c1ccc2c(c1)C(S(=O)(=O)c1cccc(C(F)(F)F)c1)CC(CCC(=O)OC(C)(C)C)O2)c1c(F)cccc1Cl. The Labute approximate surface area is 253 Å². The summed E-state index contributed by atoms with van der Waals surface area (Å²) in [6, 6.07) is 12.7. The van der Waals surface area contributed by atoms with Gasteiger partial charge in [0.05, 0.1) is 20.7 Å². The molecule has 0 aromatic heterocycles. The number of carbonyl (C=O) groups is 1. The molecule has 0 saturated carbocycles. The van der Waals surface area contributed by atoms with Gasteiger partial charge in [0.2, 0.25) is 0 Å². The van der Waals surface area contributed by atoms with Crippen LogP contribution in [0.2, 0.25) is 5.02 Å². The first kappa shape index (κ1) is 32.5. The van der Waals surface area contributed by atoms with Crippen molar-refractivity contribution in [3.05, 3.63) is 93.8 Å². The zero-order valence-corrected chi connectivity index (χ0v) is 25.5. The van der Waals surface area contributed by atoms with Gasteiger partial charge in [0.15, 0.2) is 9.84 Å². The second-order valence-corrected chi connectivity index (χ2v) is 13.9. The second kappa shape index (κ2) is 12.3. The maximum absolute atomic E-state index is 14.5. The number of hydrogen-bond donors (Lipinski definition) is 0. The lowest BCUT2D eigenvalue weighted by Gasteiger charge is -2.32. The van der Waals surface area contributed by atoms with E-state index in [9.17, 15) is 30.8 Å². The first-order chi connectivity index (χ1) is 20.0. The number of rotatable bonds is 7. The molecule has 0 N–H and O–H groups in total. The molecular weight excluding hydrogens is 608 g/mol. The monoisotopic (exact) mass is 638 g/mol. The molecule has 2 atom stereocenters.